The molecule has 0 aliphatic rings. The summed E-state index contributed by atoms with van der Waals surface area (Å²) in [6.45, 7) is 3.93. The molecule has 4 aromatic rings. The van der Waals surface area contributed by atoms with Crippen molar-refractivity contribution >= 4 is 11.0 Å². The summed E-state index contributed by atoms with van der Waals surface area (Å²) < 4.78 is 44.5. The van der Waals surface area contributed by atoms with Crippen LogP contribution in [0.3, 0.4) is 0 Å². The van der Waals surface area contributed by atoms with Gasteiger partial charge < -0.3 is 4.74 Å². The Balaban J connectivity index is 1.93. The predicted octanol–water partition coefficient (Wildman–Crippen LogP) is 3.21. The molecule has 156 valence electrons. The lowest BCUT2D eigenvalue weighted by molar-refractivity contribution is -0.274. The summed E-state index contributed by atoms with van der Waals surface area (Å²) in [5, 5.41) is 12.8. The van der Waals surface area contributed by atoms with E-state index in [0.29, 0.717) is 28.9 Å². The van der Waals surface area contributed by atoms with Crippen LogP contribution < -0.4 is 10.3 Å². The lowest BCUT2D eigenvalue weighted by Gasteiger charge is -2.14. The summed E-state index contributed by atoms with van der Waals surface area (Å²) in [5.74, 6) is -0.359. The topological polar surface area (TPSA) is 79.8 Å². The number of fused-ring (bicyclic) bond motifs is 1. The first kappa shape index (κ1) is 19.7. The first-order chi connectivity index (χ1) is 14.2. The van der Waals surface area contributed by atoms with Crippen molar-refractivity contribution in [2.75, 3.05) is 0 Å². The number of nitrogens with zero attached hydrogens (tertiary/aromatic N) is 6. The van der Waals surface area contributed by atoms with Gasteiger partial charge in [0.05, 0.1) is 18.4 Å². The molecule has 0 radical (unpaired) electrons. The SMILES string of the molecule is CCn1nc2c(-c3cnn(C)c3)cn(-c3ccc(OC(F)(F)F)cc3C)c(=O)c2n1. The Morgan fingerprint density at radius 1 is 1.13 bits per heavy atom. The van der Waals surface area contributed by atoms with Crippen LogP contribution in [0.1, 0.15) is 12.5 Å². The molecule has 0 bridgehead atoms. The molecular weight excluding hydrogens is 401 g/mol. The zero-order valence-electron chi connectivity index (χ0n) is 16.3. The van der Waals surface area contributed by atoms with Crippen LogP contribution in [-0.2, 0) is 13.6 Å². The first-order valence-electron chi connectivity index (χ1n) is 9.02. The molecule has 0 aliphatic carbocycles. The number of hydrogen-bond donors (Lipinski definition) is 0. The molecule has 0 saturated carbocycles. The van der Waals surface area contributed by atoms with Crippen LogP contribution in [0.5, 0.6) is 5.75 Å². The average molecular weight is 418 g/mol. The molecule has 0 spiro atoms. The van der Waals surface area contributed by atoms with E-state index in [1.807, 2.05) is 6.92 Å². The van der Waals surface area contributed by atoms with Crippen molar-refractivity contribution < 1.29 is 17.9 Å². The second-order valence-corrected chi connectivity index (χ2v) is 6.70. The third kappa shape index (κ3) is 3.53. The zero-order valence-corrected chi connectivity index (χ0v) is 16.3. The van der Waals surface area contributed by atoms with Crippen LogP contribution >= 0.6 is 0 Å². The maximum atomic E-state index is 13.1. The number of aromatic nitrogens is 6. The lowest BCUT2D eigenvalue weighted by atomic mass is 10.1. The fraction of sp³-hybridized carbons (Fsp3) is 0.263. The van der Waals surface area contributed by atoms with Crippen LogP contribution in [-0.4, -0.2) is 35.7 Å². The summed E-state index contributed by atoms with van der Waals surface area (Å²) in [6, 6.07) is 3.80. The number of ether oxygens (including phenoxy) is 1. The second-order valence-electron chi connectivity index (χ2n) is 6.70. The Kier molecular flexibility index (Phi) is 4.60. The zero-order chi connectivity index (χ0) is 21.6. The van der Waals surface area contributed by atoms with Crippen LogP contribution in [0, 0.1) is 6.92 Å². The fourth-order valence-corrected chi connectivity index (χ4v) is 3.22. The molecule has 8 nitrogen and oxygen atoms in total. The summed E-state index contributed by atoms with van der Waals surface area (Å²) in [4.78, 5) is 14.5. The number of aryl methyl sites for hydroxylation is 3. The van der Waals surface area contributed by atoms with Crippen molar-refractivity contribution in [3.05, 3.63) is 52.7 Å². The molecule has 0 saturated heterocycles. The molecule has 4 rings (SSSR count). The third-order valence-corrected chi connectivity index (χ3v) is 4.55. The van der Waals surface area contributed by atoms with E-state index in [2.05, 4.69) is 20.0 Å². The highest BCUT2D eigenvalue weighted by molar-refractivity contribution is 5.90. The molecule has 0 unspecified atom stereocenters. The highest BCUT2D eigenvalue weighted by Crippen LogP contribution is 2.29. The van der Waals surface area contributed by atoms with E-state index >= 15 is 0 Å². The molecule has 1 aromatic carbocycles. The quantitative estimate of drug-likeness (QED) is 0.509. The van der Waals surface area contributed by atoms with Crippen LogP contribution in [0.15, 0.2) is 41.6 Å². The smallest absolute Gasteiger partial charge is 0.406 e. The van der Waals surface area contributed by atoms with Crippen molar-refractivity contribution in [1.82, 2.24) is 29.3 Å². The van der Waals surface area contributed by atoms with E-state index in [0.717, 1.165) is 5.56 Å². The minimum Gasteiger partial charge on any atom is -0.406 e. The molecular formula is C19H17F3N6O2. The Morgan fingerprint density at radius 2 is 1.87 bits per heavy atom. The second kappa shape index (κ2) is 7.01. The van der Waals surface area contributed by atoms with Crippen LogP contribution in [0.4, 0.5) is 13.2 Å². The van der Waals surface area contributed by atoms with Gasteiger partial charge in [-0.2, -0.15) is 15.0 Å². The van der Waals surface area contributed by atoms with E-state index < -0.39 is 11.9 Å². The van der Waals surface area contributed by atoms with E-state index in [9.17, 15) is 18.0 Å². The molecule has 3 heterocycles. The molecule has 3 aromatic heterocycles. The van der Waals surface area contributed by atoms with Gasteiger partial charge in [0.25, 0.3) is 5.56 Å². The number of pyridine rings is 1. The number of halogens is 3. The Morgan fingerprint density at radius 3 is 2.47 bits per heavy atom. The number of hydrogen-bond acceptors (Lipinski definition) is 5. The molecule has 0 N–H and O–H groups in total. The highest BCUT2D eigenvalue weighted by atomic mass is 19.4. The van der Waals surface area contributed by atoms with Gasteiger partial charge in [0.2, 0.25) is 0 Å². The van der Waals surface area contributed by atoms with Crippen molar-refractivity contribution in [3.8, 4) is 22.6 Å². The summed E-state index contributed by atoms with van der Waals surface area (Å²) in [7, 11) is 1.77. The van der Waals surface area contributed by atoms with Crippen LogP contribution in [0.2, 0.25) is 0 Å². The van der Waals surface area contributed by atoms with Crippen LogP contribution in [0.25, 0.3) is 27.8 Å². The van der Waals surface area contributed by atoms with Gasteiger partial charge >= 0.3 is 6.36 Å². The van der Waals surface area contributed by atoms with Crippen molar-refractivity contribution in [1.29, 1.82) is 0 Å². The minimum absolute atomic E-state index is 0.160. The fourth-order valence-electron chi connectivity index (χ4n) is 3.22. The molecule has 0 aliphatic heterocycles. The minimum atomic E-state index is -4.80. The maximum Gasteiger partial charge on any atom is 0.573 e. The van der Waals surface area contributed by atoms with Gasteiger partial charge in [0.1, 0.15) is 11.3 Å². The van der Waals surface area contributed by atoms with Gasteiger partial charge in [-0.25, -0.2) is 0 Å². The summed E-state index contributed by atoms with van der Waals surface area (Å²) in [6.07, 6.45) is 0.224. The van der Waals surface area contributed by atoms with Crippen molar-refractivity contribution in [2.45, 2.75) is 26.8 Å². The summed E-state index contributed by atoms with van der Waals surface area (Å²) >= 11 is 0. The molecule has 11 heteroatoms. The standard InChI is InChI=1S/C19H17F3N6O2/c1-4-28-24-16-14(12-8-23-26(3)9-12)10-27(18(29)17(16)25-28)15-6-5-13(7-11(15)2)30-19(20,21)22/h5-10H,4H2,1-3H3. The number of benzene rings is 1. The monoisotopic (exact) mass is 418 g/mol. The molecule has 0 amide bonds. The van der Waals surface area contributed by atoms with Gasteiger partial charge in [-0.3, -0.25) is 14.0 Å². The van der Waals surface area contributed by atoms with Gasteiger partial charge in [0.15, 0.2) is 5.52 Å². The van der Waals surface area contributed by atoms with E-state index in [1.54, 1.807) is 37.2 Å². The van der Waals surface area contributed by atoms with Crippen molar-refractivity contribution in [3.63, 3.8) is 0 Å². The highest BCUT2D eigenvalue weighted by Gasteiger charge is 2.31. The molecule has 0 atom stereocenters. The Bertz CT molecular complexity index is 1300. The molecule has 30 heavy (non-hydrogen) atoms. The van der Waals surface area contributed by atoms with E-state index in [-0.39, 0.29) is 11.3 Å². The van der Waals surface area contributed by atoms with Gasteiger partial charge in [-0.1, -0.05) is 0 Å². The first-order valence-corrected chi connectivity index (χ1v) is 9.02. The lowest BCUT2D eigenvalue weighted by Crippen LogP contribution is -2.20. The van der Waals surface area contributed by atoms with E-state index in [4.69, 9.17) is 0 Å². The maximum absolute atomic E-state index is 13.1. The van der Waals surface area contributed by atoms with Gasteiger partial charge in [0, 0.05) is 30.6 Å². The van der Waals surface area contributed by atoms with Crippen molar-refractivity contribution in [2.24, 2.45) is 7.05 Å². The average Bonchev–Trinajstić information content (AvgIpc) is 3.28. The van der Waals surface area contributed by atoms with Gasteiger partial charge in [-0.15, -0.1) is 18.3 Å². The predicted molar refractivity (Wildman–Crippen MR) is 102 cm³/mol. The third-order valence-electron chi connectivity index (χ3n) is 4.55. The largest absolute Gasteiger partial charge is 0.573 e. The Labute approximate surface area is 168 Å². The Hall–Kier alpha value is -3.63. The summed E-state index contributed by atoms with van der Waals surface area (Å²) in [5.41, 5.74) is 2.37. The number of alkyl halides is 3. The number of rotatable bonds is 4. The normalized spacial score (nSPS) is 11.9. The molecule has 0 fully saturated rings. The van der Waals surface area contributed by atoms with Gasteiger partial charge in [-0.05, 0) is 37.6 Å². The van der Waals surface area contributed by atoms with E-state index in [1.165, 1.54) is 27.6 Å².